The zero-order valence-corrected chi connectivity index (χ0v) is 12.4. The van der Waals surface area contributed by atoms with Crippen molar-refractivity contribution in [1.29, 1.82) is 0 Å². The first-order valence-electron chi connectivity index (χ1n) is 6.04. The predicted molar refractivity (Wildman–Crippen MR) is 82.6 cm³/mol. The van der Waals surface area contributed by atoms with E-state index in [9.17, 15) is 0 Å². The van der Waals surface area contributed by atoms with Crippen LogP contribution in [-0.2, 0) is 6.42 Å². The molecule has 0 unspecified atom stereocenters. The van der Waals surface area contributed by atoms with Crippen LogP contribution in [0.2, 0.25) is 5.15 Å². The molecule has 1 aromatic carbocycles. The summed E-state index contributed by atoms with van der Waals surface area (Å²) in [6.07, 6.45) is 0.401. The van der Waals surface area contributed by atoms with Gasteiger partial charge in [0.1, 0.15) is 28.2 Å². The Morgan fingerprint density at radius 1 is 1.05 bits per heavy atom. The Kier molecular flexibility index (Phi) is 4.23. The summed E-state index contributed by atoms with van der Waals surface area (Å²) in [6, 6.07) is 3.56. The van der Waals surface area contributed by atoms with Gasteiger partial charge in [0, 0.05) is 12.0 Å². The van der Waals surface area contributed by atoms with E-state index in [4.69, 9.17) is 38.3 Å². The van der Waals surface area contributed by atoms with Crippen molar-refractivity contribution in [3.05, 3.63) is 28.4 Å². The first-order chi connectivity index (χ1) is 9.96. The first-order valence-corrected chi connectivity index (χ1v) is 6.41. The monoisotopic (exact) mass is 309 g/mol. The van der Waals surface area contributed by atoms with Crippen molar-refractivity contribution < 1.29 is 9.47 Å². The molecular formula is C13H16ClN5O2. The van der Waals surface area contributed by atoms with E-state index in [0.29, 0.717) is 29.2 Å². The zero-order chi connectivity index (χ0) is 15.6. The van der Waals surface area contributed by atoms with Crippen LogP contribution >= 0.6 is 11.6 Å². The number of aromatic nitrogens is 2. The Morgan fingerprint density at radius 2 is 1.62 bits per heavy atom. The molecule has 0 aliphatic heterocycles. The van der Waals surface area contributed by atoms with E-state index < -0.39 is 0 Å². The maximum Gasteiger partial charge on any atom is 0.223 e. The SMILES string of the molecule is COc1cc(Cc2c(N)nc(N)nc2Cl)cc(OC)c1N. The molecule has 7 nitrogen and oxygen atoms in total. The molecule has 0 aliphatic rings. The second-order valence-corrected chi connectivity index (χ2v) is 4.69. The molecule has 0 bridgehead atoms. The molecule has 0 radical (unpaired) electrons. The Labute approximate surface area is 127 Å². The summed E-state index contributed by atoms with van der Waals surface area (Å²) in [5.74, 6) is 1.29. The molecule has 112 valence electrons. The number of halogens is 1. The molecule has 0 fully saturated rings. The number of hydrogen-bond donors (Lipinski definition) is 3. The number of rotatable bonds is 4. The van der Waals surface area contributed by atoms with E-state index in [1.165, 1.54) is 14.2 Å². The second kappa shape index (κ2) is 5.92. The molecule has 0 amide bonds. The quantitative estimate of drug-likeness (QED) is 0.577. The molecule has 21 heavy (non-hydrogen) atoms. The average molecular weight is 310 g/mol. The van der Waals surface area contributed by atoms with Gasteiger partial charge in [0.15, 0.2) is 0 Å². The largest absolute Gasteiger partial charge is 0.494 e. The van der Waals surface area contributed by atoms with E-state index in [2.05, 4.69) is 9.97 Å². The van der Waals surface area contributed by atoms with Gasteiger partial charge in [-0.3, -0.25) is 0 Å². The highest BCUT2D eigenvalue weighted by atomic mass is 35.5. The molecule has 0 spiro atoms. The molecule has 1 aromatic heterocycles. The van der Waals surface area contributed by atoms with Crippen molar-refractivity contribution in [1.82, 2.24) is 9.97 Å². The second-order valence-electron chi connectivity index (χ2n) is 4.33. The number of ether oxygens (including phenoxy) is 2. The van der Waals surface area contributed by atoms with Crippen molar-refractivity contribution in [2.45, 2.75) is 6.42 Å². The third-order valence-corrected chi connectivity index (χ3v) is 3.30. The normalized spacial score (nSPS) is 10.4. The highest BCUT2D eigenvalue weighted by Gasteiger charge is 2.14. The lowest BCUT2D eigenvalue weighted by atomic mass is 10.1. The molecule has 8 heteroatoms. The van der Waals surface area contributed by atoms with Gasteiger partial charge in [-0.25, -0.2) is 4.98 Å². The van der Waals surface area contributed by atoms with Crippen LogP contribution in [0.25, 0.3) is 0 Å². The van der Waals surface area contributed by atoms with Crippen LogP contribution in [0.5, 0.6) is 11.5 Å². The van der Waals surface area contributed by atoms with Gasteiger partial charge in [-0.05, 0) is 17.7 Å². The van der Waals surface area contributed by atoms with Crippen LogP contribution in [0.1, 0.15) is 11.1 Å². The smallest absolute Gasteiger partial charge is 0.223 e. The van der Waals surface area contributed by atoms with Crippen molar-refractivity contribution in [2.24, 2.45) is 0 Å². The predicted octanol–water partition coefficient (Wildman–Crippen LogP) is 1.48. The maximum atomic E-state index is 6.06. The Hall–Kier alpha value is -2.41. The number of hydrogen-bond acceptors (Lipinski definition) is 7. The highest BCUT2D eigenvalue weighted by molar-refractivity contribution is 6.30. The molecule has 2 rings (SSSR count). The third-order valence-electron chi connectivity index (χ3n) is 2.99. The van der Waals surface area contributed by atoms with Gasteiger partial charge in [0.05, 0.1) is 14.2 Å². The number of nitrogen functional groups attached to an aromatic ring is 3. The van der Waals surface area contributed by atoms with Crippen molar-refractivity contribution >= 4 is 29.1 Å². The van der Waals surface area contributed by atoms with Gasteiger partial charge in [-0.2, -0.15) is 4.98 Å². The van der Waals surface area contributed by atoms with Gasteiger partial charge in [-0.1, -0.05) is 11.6 Å². The number of anilines is 3. The molecular weight excluding hydrogens is 294 g/mol. The molecule has 0 saturated carbocycles. The van der Waals surface area contributed by atoms with E-state index in [-0.39, 0.29) is 16.9 Å². The fraction of sp³-hybridized carbons (Fsp3) is 0.231. The summed E-state index contributed by atoms with van der Waals surface area (Å²) >= 11 is 6.06. The van der Waals surface area contributed by atoms with Crippen molar-refractivity contribution in [3.8, 4) is 11.5 Å². The molecule has 0 atom stereocenters. The number of benzene rings is 1. The van der Waals surface area contributed by atoms with Crippen molar-refractivity contribution in [2.75, 3.05) is 31.4 Å². The minimum atomic E-state index is 0.0358. The molecule has 2 aromatic rings. The Morgan fingerprint density at radius 3 is 2.10 bits per heavy atom. The van der Waals surface area contributed by atoms with Crippen LogP contribution in [0.15, 0.2) is 12.1 Å². The zero-order valence-electron chi connectivity index (χ0n) is 11.7. The Balaban J connectivity index is 2.45. The molecule has 6 N–H and O–H groups in total. The topological polar surface area (TPSA) is 122 Å². The van der Waals surface area contributed by atoms with Gasteiger partial charge in [-0.15, -0.1) is 0 Å². The van der Waals surface area contributed by atoms with Gasteiger partial charge < -0.3 is 26.7 Å². The average Bonchev–Trinajstić information content (AvgIpc) is 2.44. The summed E-state index contributed by atoms with van der Waals surface area (Å²) in [5, 5.41) is 0.217. The first kappa shape index (κ1) is 15.0. The molecule has 1 heterocycles. The number of methoxy groups -OCH3 is 2. The lowest BCUT2D eigenvalue weighted by Gasteiger charge is -2.13. The highest BCUT2D eigenvalue weighted by Crippen LogP contribution is 2.34. The summed E-state index contributed by atoms with van der Waals surface area (Å²) in [5.41, 5.74) is 19.1. The minimum Gasteiger partial charge on any atom is -0.494 e. The molecule has 0 saturated heterocycles. The molecule has 0 aliphatic carbocycles. The summed E-state index contributed by atoms with van der Waals surface area (Å²) in [6.45, 7) is 0. The number of nitrogens with two attached hydrogens (primary N) is 3. The Bertz CT molecular complexity index is 630. The minimum absolute atomic E-state index is 0.0358. The maximum absolute atomic E-state index is 6.06. The lowest BCUT2D eigenvalue weighted by Crippen LogP contribution is -2.06. The van der Waals surface area contributed by atoms with Crippen LogP contribution in [-0.4, -0.2) is 24.2 Å². The van der Waals surface area contributed by atoms with Crippen LogP contribution < -0.4 is 26.7 Å². The van der Waals surface area contributed by atoms with Gasteiger partial charge in [0.25, 0.3) is 0 Å². The van der Waals surface area contributed by atoms with E-state index >= 15 is 0 Å². The fourth-order valence-electron chi connectivity index (χ4n) is 1.95. The van der Waals surface area contributed by atoms with Crippen LogP contribution in [0.3, 0.4) is 0 Å². The standard InChI is InChI=1S/C13H16ClN5O2/c1-20-8-4-6(5-9(21-2)10(8)15)3-7-11(14)18-13(17)19-12(7)16/h4-5H,3,15H2,1-2H3,(H4,16,17,18,19). The summed E-state index contributed by atoms with van der Waals surface area (Å²) in [4.78, 5) is 7.80. The van der Waals surface area contributed by atoms with E-state index in [1.54, 1.807) is 12.1 Å². The van der Waals surface area contributed by atoms with E-state index in [1.807, 2.05) is 0 Å². The summed E-state index contributed by atoms with van der Waals surface area (Å²) in [7, 11) is 3.06. The van der Waals surface area contributed by atoms with Gasteiger partial charge in [0.2, 0.25) is 5.95 Å². The van der Waals surface area contributed by atoms with Gasteiger partial charge >= 0.3 is 0 Å². The van der Waals surface area contributed by atoms with Crippen LogP contribution in [0, 0.1) is 0 Å². The fourth-order valence-corrected chi connectivity index (χ4v) is 2.20. The van der Waals surface area contributed by atoms with E-state index in [0.717, 1.165) is 5.56 Å². The third kappa shape index (κ3) is 3.03. The lowest BCUT2D eigenvalue weighted by molar-refractivity contribution is 0.397. The van der Waals surface area contributed by atoms with Crippen LogP contribution in [0.4, 0.5) is 17.5 Å². The summed E-state index contributed by atoms with van der Waals surface area (Å²) < 4.78 is 10.4. The van der Waals surface area contributed by atoms with Crippen molar-refractivity contribution in [3.63, 3.8) is 0 Å². The number of nitrogens with zero attached hydrogens (tertiary/aromatic N) is 2.